The van der Waals surface area contributed by atoms with Crippen LogP contribution in [0.15, 0.2) is 47.9 Å². The SMILES string of the molecule is C[C@H](Cn1cnc2c(N)ncnc21)OCP(=O)(O)OCCCOCCCCCCCCCC#CS(C)(C)c1ccccc1. The zero-order chi connectivity index (χ0) is 31.0. The highest BCUT2D eigenvalue weighted by Gasteiger charge is 2.21. The van der Waals surface area contributed by atoms with Crippen LogP contribution in [0.1, 0.15) is 64.7 Å². The Hall–Kier alpha value is -2.45. The van der Waals surface area contributed by atoms with E-state index < -0.39 is 17.6 Å². The number of hydrogen-bond donors (Lipinski definition) is 2. The maximum atomic E-state index is 12.3. The van der Waals surface area contributed by atoms with Gasteiger partial charge in [-0.3, -0.25) is 4.57 Å². The van der Waals surface area contributed by atoms with Crippen LogP contribution < -0.4 is 5.73 Å². The third-order valence-electron chi connectivity index (χ3n) is 6.88. The zero-order valence-corrected chi connectivity index (χ0v) is 27.5. The van der Waals surface area contributed by atoms with Gasteiger partial charge >= 0.3 is 7.60 Å². The fraction of sp³-hybridized carbons (Fsp3) is 0.581. The summed E-state index contributed by atoms with van der Waals surface area (Å²) in [4.78, 5) is 23.8. The molecule has 0 aliphatic rings. The molecule has 0 saturated carbocycles. The lowest BCUT2D eigenvalue weighted by atomic mass is 10.1. The number of nitrogen functional groups attached to an aromatic ring is 1. The van der Waals surface area contributed by atoms with Crippen molar-refractivity contribution in [2.45, 2.75) is 82.3 Å². The van der Waals surface area contributed by atoms with E-state index in [2.05, 4.69) is 69.0 Å². The first-order chi connectivity index (χ1) is 20.7. The zero-order valence-electron chi connectivity index (χ0n) is 25.8. The van der Waals surface area contributed by atoms with Gasteiger partial charge in [-0.2, -0.15) is 10.0 Å². The molecular weight excluding hydrogens is 585 g/mol. The van der Waals surface area contributed by atoms with Gasteiger partial charge < -0.3 is 29.2 Å². The summed E-state index contributed by atoms with van der Waals surface area (Å²) in [6.45, 7) is 3.54. The number of hydrogen-bond acceptors (Lipinski definition) is 8. The van der Waals surface area contributed by atoms with Gasteiger partial charge in [-0.15, -0.1) is 0 Å². The molecule has 2 atom stereocenters. The monoisotopic (exact) mass is 633 g/mol. The molecule has 0 aliphatic carbocycles. The van der Waals surface area contributed by atoms with Crippen molar-refractivity contribution < 1.29 is 23.5 Å². The van der Waals surface area contributed by atoms with Gasteiger partial charge in [0.2, 0.25) is 0 Å². The molecule has 0 amide bonds. The van der Waals surface area contributed by atoms with Gasteiger partial charge in [-0.1, -0.05) is 61.5 Å². The molecule has 2 aromatic heterocycles. The Balaban J connectivity index is 1.12. The summed E-state index contributed by atoms with van der Waals surface area (Å²) in [6, 6.07) is 10.6. The van der Waals surface area contributed by atoms with E-state index in [1.165, 1.54) is 43.3 Å². The first-order valence-electron chi connectivity index (χ1n) is 15.0. The lowest BCUT2D eigenvalue weighted by molar-refractivity contribution is 0.0688. The molecule has 10 nitrogen and oxygen atoms in total. The van der Waals surface area contributed by atoms with Crippen LogP contribution in [0.3, 0.4) is 0 Å². The highest BCUT2D eigenvalue weighted by Crippen LogP contribution is 2.47. The van der Waals surface area contributed by atoms with Gasteiger partial charge in [0.05, 0.1) is 25.6 Å². The minimum absolute atomic E-state index is 0.142. The van der Waals surface area contributed by atoms with Crippen molar-refractivity contribution in [2.75, 3.05) is 44.4 Å². The number of benzene rings is 1. The Morgan fingerprint density at radius 1 is 0.977 bits per heavy atom. The van der Waals surface area contributed by atoms with Crippen LogP contribution in [0.2, 0.25) is 0 Å². The van der Waals surface area contributed by atoms with Crippen molar-refractivity contribution in [1.29, 1.82) is 0 Å². The largest absolute Gasteiger partial charge is 0.382 e. The molecule has 0 radical (unpaired) electrons. The second-order valence-electron chi connectivity index (χ2n) is 11.0. The molecule has 3 aromatic rings. The van der Waals surface area contributed by atoms with Crippen molar-refractivity contribution >= 4 is 34.6 Å². The van der Waals surface area contributed by atoms with Crippen molar-refractivity contribution in [3.8, 4) is 11.2 Å². The molecule has 12 heteroatoms. The molecule has 0 aliphatic heterocycles. The van der Waals surface area contributed by atoms with Crippen LogP contribution >= 0.6 is 17.6 Å². The standard InChI is InChI=1S/C31H48N5O5PS/c1-27(23-36-25-35-29-30(32)33-24-34-31(29)36)40-26-42(37,38)41-21-16-20-39-19-14-9-7-5-4-6-8-10-15-22-43(2,3)28-17-12-11-13-18-28/h11-13,17-18,24-25,27H,4-10,14,16,19-21,23,26H2,1-3H3,(H,37,38)(H2,32,33,34)/t27-/m1/s1. The fourth-order valence-corrected chi connectivity index (χ4v) is 6.79. The summed E-state index contributed by atoms with van der Waals surface area (Å²) >= 11 is 0. The molecule has 3 rings (SSSR count). The van der Waals surface area contributed by atoms with Gasteiger partial charge in [0, 0.05) is 24.5 Å². The maximum Gasteiger partial charge on any atom is 0.353 e. The summed E-state index contributed by atoms with van der Waals surface area (Å²) < 4.78 is 30.5. The number of anilines is 1. The van der Waals surface area contributed by atoms with Crippen LogP contribution in [-0.2, 0) is 25.1 Å². The second-order valence-corrected chi connectivity index (χ2v) is 16.1. The Labute approximate surface area is 258 Å². The summed E-state index contributed by atoms with van der Waals surface area (Å²) in [6.07, 6.45) is 16.6. The summed E-state index contributed by atoms with van der Waals surface area (Å²) in [7, 11) is -4.87. The molecule has 1 unspecified atom stereocenters. The van der Waals surface area contributed by atoms with E-state index in [1.54, 1.807) is 17.8 Å². The second kappa shape index (κ2) is 18.4. The number of nitrogens with two attached hydrogens (primary N) is 1. The van der Waals surface area contributed by atoms with Gasteiger partial charge in [0.15, 0.2) is 11.5 Å². The lowest BCUT2D eigenvalue weighted by Gasteiger charge is -2.24. The number of nitrogens with zero attached hydrogens (tertiary/aromatic N) is 4. The minimum Gasteiger partial charge on any atom is -0.382 e. The highest BCUT2D eigenvalue weighted by molar-refractivity contribution is 8.36. The van der Waals surface area contributed by atoms with Crippen LogP contribution in [0.4, 0.5) is 5.82 Å². The molecule has 0 bridgehead atoms. The Bertz CT molecular complexity index is 1340. The molecule has 0 saturated heterocycles. The molecule has 0 spiro atoms. The lowest BCUT2D eigenvalue weighted by Crippen LogP contribution is -2.17. The van der Waals surface area contributed by atoms with Crippen LogP contribution in [0.5, 0.6) is 0 Å². The Kier molecular flexibility index (Phi) is 15.0. The smallest absolute Gasteiger partial charge is 0.353 e. The molecule has 0 fully saturated rings. The topological polar surface area (TPSA) is 135 Å². The molecular formula is C31H48N5O5PS. The molecule has 43 heavy (non-hydrogen) atoms. The van der Waals surface area contributed by atoms with E-state index in [0.717, 1.165) is 19.3 Å². The third kappa shape index (κ3) is 13.0. The Morgan fingerprint density at radius 3 is 2.44 bits per heavy atom. The number of fused-ring (bicyclic) bond motifs is 1. The fourth-order valence-electron chi connectivity index (χ4n) is 4.44. The summed E-state index contributed by atoms with van der Waals surface area (Å²) in [5.74, 6) is 3.72. The quantitative estimate of drug-likeness (QED) is 0.0803. The van der Waals surface area contributed by atoms with E-state index in [1.807, 2.05) is 0 Å². The van der Waals surface area contributed by atoms with Crippen LogP contribution in [0.25, 0.3) is 11.2 Å². The number of ether oxygens (including phenoxy) is 2. The van der Waals surface area contributed by atoms with E-state index >= 15 is 0 Å². The van der Waals surface area contributed by atoms with Crippen molar-refractivity contribution in [1.82, 2.24) is 19.5 Å². The molecule has 3 N–H and O–H groups in total. The van der Waals surface area contributed by atoms with E-state index in [9.17, 15) is 9.46 Å². The molecule has 238 valence electrons. The van der Waals surface area contributed by atoms with Gasteiger partial charge in [-0.05, 0) is 50.8 Å². The average molecular weight is 634 g/mol. The van der Waals surface area contributed by atoms with E-state index in [0.29, 0.717) is 43.2 Å². The first kappa shape index (κ1) is 35.0. The van der Waals surface area contributed by atoms with Crippen LogP contribution in [-0.4, -0.2) is 69.2 Å². The maximum absolute atomic E-state index is 12.3. The predicted molar refractivity (Wildman–Crippen MR) is 175 cm³/mol. The normalized spacial score (nSPS) is 14.2. The summed E-state index contributed by atoms with van der Waals surface area (Å²) in [5, 5.41) is 3.52. The number of aromatic nitrogens is 4. The minimum atomic E-state index is -3.85. The number of imidazole rings is 1. The predicted octanol–water partition coefficient (Wildman–Crippen LogP) is 6.58. The van der Waals surface area contributed by atoms with E-state index in [-0.39, 0.29) is 19.1 Å². The number of rotatable bonds is 20. The van der Waals surface area contributed by atoms with Gasteiger partial charge in [-0.25, -0.2) is 15.0 Å². The molecule has 2 heterocycles. The Morgan fingerprint density at radius 2 is 1.67 bits per heavy atom. The average Bonchev–Trinajstić information content (AvgIpc) is 3.40. The van der Waals surface area contributed by atoms with E-state index in [4.69, 9.17) is 19.7 Å². The van der Waals surface area contributed by atoms with Gasteiger partial charge in [0.1, 0.15) is 18.2 Å². The van der Waals surface area contributed by atoms with Gasteiger partial charge in [0.25, 0.3) is 0 Å². The van der Waals surface area contributed by atoms with Crippen molar-refractivity contribution in [2.24, 2.45) is 0 Å². The van der Waals surface area contributed by atoms with Crippen LogP contribution in [0, 0.1) is 11.2 Å². The highest BCUT2D eigenvalue weighted by atomic mass is 32.3. The van der Waals surface area contributed by atoms with Crippen molar-refractivity contribution in [3.05, 3.63) is 43.0 Å². The summed E-state index contributed by atoms with van der Waals surface area (Å²) in [5.41, 5.74) is 6.91. The third-order valence-corrected chi connectivity index (χ3v) is 10.0. The first-order valence-corrected chi connectivity index (χ1v) is 19.2. The van der Waals surface area contributed by atoms with Crippen molar-refractivity contribution in [3.63, 3.8) is 0 Å². The molecule has 1 aromatic carbocycles. The number of unbranched alkanes of at least 4 members (excludes halogenated alkanes) is 7.